The van der Waals surface area contributed by atoms with E-state index in [1.165, 1.54) is 11.1 Å². The van der Waals surface area contributed by atoms with Crippen LogP contribution in [0.5, 0.6) is 0 Å². The van der Waals surface area contributed by atoms with E-state index in [0.29, 0.717) is 0 Å². The van der Waals surface area contributed by atoms with Gasteiger partial charge in [-0.25, -0.2) is 0 Å². The Morgan fingerprint density at radius 3 is 2.11 bits per heavy atom. The summed E-state index contributed by atoms with van der Waals surface area (Å²) in [4.78, 5) is 14.1. The fraction of sp³-hybridized carbons (Fsp3) is 0.562. The van der Waals surface area contributed by atoms with E-state index in [9.17, 15) is 4.79 Å². The van der Waals surface area contributed by atoms with Gasteiger partial charge in [-0.2, -0.15) is 0 Å². The first-order chi connectivity index (χ1) is 8.31. The summed E-state index contributed by atoms with van der Waals surface area (Å²) in [6.07, 6.45) is 0. The summed E-state index contributed by atoms with van der Waals surface area (Å²) in [6, 6.07) is 6.06. The summed E-state index contributed by atoms with van der Waals surface area (Å²) in [5, 5.41) is 0. The minimum Gasteiger partial charge on any atom is -0.339 e. The highest BCUT2D eigenvalue weighted by molar-refractivity contribution is 5.94. The highest BCUT2D eigenvalue weighted by Gasteiger charge is 2.18. The molecule has 2 nitrogen and oxygen atoms in total. The van der Waals surface area contributed by atoms with E-state index in [1.54, 1.807) is 0 Å². The van der Waals surface area contributed by atoms with E-state index in [0.717, 1.165) is 18.7 Å². The van der Waals surface area contributed by atoms with E-state index >= 15 is 0 Å². The molecule has 0 saturated carbocycles. The molecule has 0 heterocycles. The van der Waals surface area contributed by atoms with Crippen LogP contribution in [0.25, 0.3) is 0 Å². The topological polar surface area (TPSA) is 20.3 Å². The first kappa shape index (κ1) is 14.7. The van der Waals surface area contributed by atoms with Crippen molar-refractivity contribution in [2.75, 3.05) is 13.1 Å². The summed E-state index contributed by atoms with van der Waals surface area (Å²) in [6.45, 7) is 14.2. The van der Waals surface area contributed by atoms with Gasteiger partial charge in [-0.1, -0.05) is 26.8 Å². The van der Waals surface area contributed by atoms with Crippen LogP contribution in [-0.4, -0.2) is 23.9 Å². The Labute approximate surface area is 111 Å². The Bertz CT molecular complexity index is 425. The molecule has 0 radical (unpaired) electrons. The standard InChI is InChI=1S/C16H25NO/c1-7-17(8-2)15(18)13-9-10-14(12(3)11-13)16(4,5)6/h9-11H,7-8H2,1-6H3. The van der Waals surface area contributed by atoms with Crippen molar-refractivity contribution >= 4 is 5.91 Å². The van der Waals surface area contributed by atoms with Crippen molar-refractivity contribution in [3.05, 3.63) is 34.9 Å². The maximum absolute atomic E-state index is 12.2. The quantitative estimate of drug-likeness (QED) is 0.796. The van der Waals surface area contributed by atoms with E-state index in [1.807, 2.05) is 30.9 Å². The van der Waals surface area contributed by atoms with E-state index in [4.69, 9.17) is 0 Å². The maximum atomic E-state index is 12.2. The average Bonchev–Trinajstić information content (AvgIpc) is 2.28. The molecule has 18 heavy (non-hydrogen) atoms. The van der Waals surface area contributed by atoms with Gasteiger partial charge in [-0.3, -0.25) is 4.79 Å². The lowest BCUT2D eigenvalue weighted by Crippen LogP contribution is -2.30. The van der Waals surface area contributed by atoms with Crippen molar-refractivity contribution in [1.29, 1.82) is 0 Å². The number of nitrogens with zero attached hydrogens (tertiary/aromatic N) is 1. The van der Waals surface area contributed by atoms with Crippen molar-refractivity contribution < 1.29 is 4.79 Å². The molecule has 2 heteroatoms. The summed E-state index contributed by atoms with van der Waals surface area (Å²) in [5.74, 6) is 0.128. The van der Waals surface area contributed by atoms with Gasteiger partial charge in [0.1, 0.15) is 0 Å². The highest BCUT2D eigenvalue weighted by atomic mass is 16.2. The van der Waals surface area contributed by atoms with E-state index in [2.05, 4.69) is 33.8 Å². The van der Waals surface area contributed by atoms with Crippen molar-refractivity contribution in [3.63, 3.8) is 0 Å². The van der Waals surface area contributed by atoms with Crippen LogP contribution in [0.3, 0.4) is 0 Å². The second-order valence-electron chi connectivity index (χ2n) is 5.76. The minimum absolute atomic E-state index is 0.126. The zero-order chi connectivity index (χ0) is 13.9. The molecule has 0 saturated heterocycles. The summed E-state index contributed by atoms with van der Waals surface area (Å²) in [7, 11) is 0. The number of hydrogen-bond acceptors (Lipinski definition) is 1. The lowest BCUT2D eigenvalue weighted by molar-refractivity contribution is 0.0773. The monoisotopic (exact) mass is 247 g/mol. The molecule has 0 unspecified atom stereocenters. The Morgan fingerprint density at radius 2 is 1.72 bits per heavy atom. The zero-order valence-corrected chi connectivity index (χ0v) is 12.5. The third kappa shape index (κ3) is 3.12. The van der Waals surface area contributed by atoms with Crippen molar-refractivity contribution in [1.82, 2.24) is 4.90 Å². The van der Waals surface area contributed by atoms with Crippen LogP contribution in [0.15, 0.2) is 18.2 Å². The molecule has 0 N–H and O–H groups in total. The number of rotatable bonds is 3. The fourth-order valence-corrected chi connectivity index (χ4v) is 2.33. The second-order valence-corrected chi connectivity index (χ2v) is 5.76. The Kier molecular flexibility index (Phi) is 4.55. The Hall–Kier alpha value is -1.31. The molecule has 1 aromatic carbocycles. The van der Waals surface area contributed by atoms with Crippen LogP contribution in [0.1, 0.15) is 56.1 Å². The van der Waals surface area contributed by atoms with Gasteiger partial charge in [0.15, 0.2) is 0 Å². The van der Waals surface area contributed by atoms with E-state index < -0.39 is 0 Å². The molecular formula is C16H25NO. The van der Waals surface area contributed by atoms with Crippen molar-refractivity contribution in [2.24, 2.45) is 0 Å². The molecule has 1 aromatic rings. The number of benzene rings is 1. The first-order valence-corrected chi connectivity index (χ1v) is 6.71. The number of hydrogen-bond donors (Lipinski definition) is 0. The van der Waals surface area contributed by atoms with Crippen molar-refractivity contribution in [2.45, 2.75) is 47.0 Å². The first-order valence-electron chi connectivity index (χ1n) is 6.71. The summed E-state index contributed by atoms with van der Waals surface area (Å²) in [5.41, 5.74) is 3.42. The molecule has 0 aliphatic heterocycles. The summed E-state index contributed by atoms with van der Waals surface area (Å²) >= 11 is 0. The predicted molar refractivity (Wildman–Crippen MR) is 77.1 cm³/mol. The smallest absolute Gasteiger partial charge is 0.253 e. The number of carbonyl (C=O) groups excluding carboxylic acids is 1. The van der Waals surface area contributed by atoms with Gasteiger partial charge in [-0.15, -0.1) is 0 Å². The lowest BCUT2D eigenvalue weighted by atomic mass is 9.83. The van der Waals surface area contributed by atoms with Gasteiger partial charge >= 0.3 is 0 Å². The van der Waals surface area contributed by atoms with Gasteiger partial charge in [0.2, 0.25) is 0 Å². The Morgan fingerprint density at radius 1 is 1.17 bits per heavy atom. The summed E-state index contributed by atoms with van der Waals surface area (Å²) < 4.78 is 0. The van der Waals surface area contributed by atoms with Gasteiger partial charge in [0.05, 0.1) is 0 Å². The zero-order valence-electron chi connectivity index (χ0n) is 12.5. The predicted octanol–water partition coefficient (Wildman–Crippen LogP) is 3.77. The minimum atomic E-state index is 0.126. The number of carbonyl (C=O) groups is 1. The SMILES string of the molecule is CCN(CC)C(=O)c1ccc(C(C)(C)C)c(C)c1. The normalized spacial score (nSPS) is 11.4. The van der Waals surface area contributed by atoms with Crippen LogP contribution < -0.4 is 0 Å². The molecule has 100 valence electrons. The third-order valence-corrected chi connectivity index (χ3v) is 3.33. The van der Waals surface area contributed by atoms with Crippen LogP contribution in [-0.2, 0) is 5.41 Å². The number of aryl methyl sites for hydroxylation is 1. The molecule has 0 bridgehead atoms. The molecule has 0 aromatic heterocycles. The average molecular weight is 247 g/mol. The maximum Gasteiger partial charge on any atom is 0.253 e. The van der Waals surface area contributed by atoms with Crippen LogP contribution in [0.2, 0.25) is 0 Å². The third-order valence-electron chi connectivity index (χ3n) is 3.33. The molecule has 0 atom stereocenters. The second kappa shape index (κ2) is 5.55. The van der Waals surface area contributed by atoms with Crippen LogP contribution in [0, 0.1) is 6.92 Å². The van der Waals surface area contributed by atoms with E-state index in [-0.39, 0.29) is 11.3 Å². The lowest BCUT2D eigenvalue weighted by Gasteiger charge is -2.23. The van der Waals surface area contributed by atoms with Gasteiger partial charge in [-0.05, 0) is 49.4 Å². The molecule has 0 fully saturated rings. The molecule has 0 aliphatic carbocycles. The molecular weight excluding hydrogens is 222 g/mol. The van der Waals surface area contributed by atoms with Gasteiger partial charge < -0.3 is 4.90 Å². The van der Waals surface area contributed by atoms with Gasteiger partial charge in [0, 0.05) is 18.7 Å². The van der Waals surface area contributed by atoms with Crippen molar-refractivity contribution in [3.8, 4) is 0 Å². The van der Waals surface area contributed by atoms with Gasteiger partial charge in [0.25, 0.3) is 5.91 Å². The molecule has 1 amide bonds. The molecule has 0 spiro atoms. The fourth-order valence-electron chi connectivity index (χ4n) is 2.33. The highest BCUT2D eigenvalue weighted by Crippen LogP contribution is 2.26. The molecule has 0 aliphatic rings. The number of amides is 1. The van der Waals surface area contributed by atoms with Crippen LogP contribution >= 0.6 is 0 Å². The van der Waals surface area contributed by atoms with Crippen LogP contribution in [0.4, 0.5) is 0 Å². The largest absolute Gasteiger partial charge is 0.339 e. The Balaban J connectivity index is 3.08. The molecule has 1 rings (SSSR count).